The molecule has 0 unspecified atom stereocenters. The van der Waals surface area contributed by atoms with E-state index in [1.807, 2.05) is 39.0 Å². The van der Waals surface area contributed by atoms with Crippen molar-refractivity contribution in [2.45, 2.75) is 20.8 Å². The maximum absolute atomic E-state index is 12.6. The minimum Gasteiger partial charge on any atom is -0.494 e. The highest BCUT2D eigenvalue weighted by molar-refractivity contribution is 6.06. The summed E-state index contributed by atoms with van der Waals surface area (Å²) in [5, 5.41) is 5.61. The average Bonchev–Trinajstić information content (AvgIpc) is 2.72. The Balaban J connectivity index is 1.70. The van der Waals surface area contributed by atoms with E-state index in [2.05, 4.69) is 15.6 Å². The molecule has 0 spiro atoms. The lowest BCUT2D eigenvalue weighted by Crippen LogP contribution is -2.18. The van der Waals surface area contributed by atoms with Crippen LogP contribution in [0.5, 0.6) is 5.75 Å². The number of rotatable bonds is 6. The fourth-order valence-corrected chi connectivity index (χ4v) is 2.82. The highest BCUT2D eigenvalue weighted by Gasteiger charge is 2.14. The van der Waals surface area contributed by atoms with Gasteiger partial charge in [-0.15, -0.1) is 0 Å². The second kappa shape index (κ2) is 9.01. The van der Waals surface area contributed by atoms with E-state index in [0.717, 1.165) is 16.9 Å². The number of ether oxygens (including phenoxy) is 1. The van der Waals surface area contributed by atoms with Crippen LogP contribution in [0.1, 0.15) is 39.0 Å². The first-order valence-corrected chi connectivity index (χ1v) is 9.36. The molecule has 2 amide bonds. The van der Waals surface area contributed by atoms with Gasteiger partial charge < -0.3 is 15.4 Å². The molecule has 0 aliphatic carbocycles. The van der Waals surface area contributed by atoms with Gasteiger partial charge in [-0.1, -0.05) is 23.8 Å². The number of carbonyl (C=O) groups excluding carboxylic acids is 2. The largest absolute Gasteiger partial charge is 0.494 e. The number of hydrogen-bond acceptors (Lipinski definition) is 4. The summed E-state index contributed by atoms with van der Waals surface area (Å²) < 4.78 is 5.39. The molecule has 0 saturated carbocycles. The predicted molar refractivity (Wildman–Crippen MR) is 114 cm³/mol. The number of aromatic nitrogens is 1. The van der Waals surface area contributed by atoms with Gasteiger partial charge in [-0.2, -0.15) is 0 Å². The van der Waals surface area contributed by atoms with Gasteiger partial charge in [-0.25, -0.2) is 4.98 Å². The third-order valence-corrected chi connectivity index (χ3v) is 4.27. The highest BCUT2D eigenvalue weighted by Crippen LogP contribution is 2.18. The zero-order chi connectivity index (χ0) is 20.8. The Morgan fingerprint density at radius 2 is 1.55 bits per heavy atom. The third-order valence-electron chi connectivity index (χ3n) is 4.27. The van der Waals surface area contributed by atoms with Crippen LogP contribution in [0.3, 0.4) is 0 Å². The normalized spacial score (nSPS) is 10.3. The molecule has 3 aromatic rings. The monoisotopic (exact) mass is 389 g/mol. The third kappa shape index (κ3) is 5.19. The van der Waals surface area contributed by atoms with Gasteiger partial charge >= 0.3 is 0 Å². The predicted octanol–water partition coefficient (Wildman–Crippen LogP) is 4.60. The first-order valence-electron chi connectivity index (χ1n) is 9.36. The molecule has 1 heterocycles. The maximum Gasteiger partial charge on any atom is 0.274 e. The molecule has 3 rings (SSSR count). The van der Waals surface area contributed by atoms with Crippen molar-refractivity contribution in [3.63, 3.8) is 0 Å². The summed E-state index contributed by atoms with van der Waals surface area (Å²) in [6, 6.07) is 17.6. The fourth-order valence-electron chi connectivity index (χ4n) is 2.82. The number of hydrogen-bond donors (Lipinski definition) is 2. The van der Waals surface area contributed by atoms with E-state index in [9.17, 15) is 9.59 Å². The lowest BCUT2D eigenvalue weighted by Gasteiger charge is -2.10. The lowest BCUT2D eigenvalue weighted by atomic mass is 10.1. The van der Waals surface area contributed by atoms with Gasteiger partial charge in [0, 0.05) is 11.4 Å². The summed E-state index contributed by atoms with van der Waals surface area (Å²) in [5.41, 5.74) is 3.74. The van der Waals surface area contributed by atoms with Gasteiger partial charge in [-0.3, -0.25) is 9.59 Å². The molecule has 0 bridgehead atoms. The molecule has 6 nitrogen and oxygen atoms in total. The Hall–Kier alpha value is -3.67. The molecule has 6 heteroatoms. The molecular formula is C23H23N3O3. The highest BCUT2D eigenvalue weighted by atomic mass is 16.5. The zero-order valence-electron chi connectivity index (χ0n) is 16.7. The molecule has 0 fully saturated rings. The van der Waals surface area contributed by atoms with Crippen LogP contribution in [0.25, 0.3) is 0 Å². The van der Waals surface area contributed by atoms with Crippen molar-refractivity contribution in [1.29, 1.82) is 0 Å². The molecule has 0 aliphatic heterocycles. The number of carbonyl (C=O) groups is 2. The van der Waals surface area contributed by atoms with Gasteiger partial charge in [0.25, 0.3) is 11.8 Å². The average molecular weight is 389 g/mol. The van der Waals surface area contributed by atoms with Crippen molar-refractivity contribution in [3.8, 4) is 5.75 Å². The van der Waals surface area contributed by atoms with Crippen LogP contribution >= 0.6 is 0 Å². The molecule has 0 aliphatic rings. The molecule has 2 aromatic carbocycles. The molecule has 0 saturated heterocycles. The van der Waals surface area contributed by atoms with Crippen molar-refractivity contribution in [2.24, 2.45) is 0 Å². The van der Waals surface area contributed by atoms with Crippen LogP contribution in [-0.4, -0.2) is 23.4 Å². The summed E-state index contributed by atoms with van der Waals surface area (Å²) in [6.45, 7) is 6.40. The van der Waals surface area contributed by atoms with Gasteiger partial charge in [0.2, 0.25) is 0 Å². The van der Waals surface area contributed by atoms with E-state index in [4.69, 9.17) is 4.74 Å². The van der Waals surface area contributed by atoms with E-state index >= 15 is 0 Å². The van der Waals surface area contributed by atoms with Crippen LogP contribution in [-0.2, 0) is 0 Å². The Morgan fingerprint density at radius 1 is 0.897 bits per heavy atom. The maximum atomic E-state index is 12.6. The van der Waals surface area contributed by atoms with Crippen LogP contribution < -0.4 is 15.4 Å². The molecule has 1 aromatic heterocycles. The Kier molecular flexibility index (Phi) is 6.24. The van der Waals surface area contributed by atoms with E-state index in [-0.39, 0.29) is 17.3 Å². The van der Waals surface area contributed by atoms with Gasteiger partial charge in [0.05, 0.1) is 6.61 Å². The summed E-state index contributed by atoms with van der Waals surface area (Å²) in [5.74, 6) is -0.0308. The second-order valence-electron chi connectivity index (χ2n) is 6.59. The standard InChI is InChI=1S/C23H23N3O3/c1-4-29-18-11-9-17(10-12-18)24-22(27)20-6-5-7-21(25-20)23(28)26-19-13-8-15(2)14-16(19)3/h5-14H,4H2,1-3H3,(H,24,27)(H,26,28). The van der Waals surface area contributed by atoms with E-state index in [0.29, 0.717) is 18.0 Å². The second-order valence-corrected chi connectivity index (χ2v) is 6.59. The summed E-state index contributed by atoms with van der Waals surface area (Å²) in [7, 11) is 0. The Morgan fingerprint density at radius 3 is 2.17 bits per heavy atom. The molecule has 29 heavy (non-hydrogen) atoms. The van der Waals surface area contributed by atoms with E-state index in [1.165, 1.54) is 0 Å². The van der Waals surface area contributed by atoms with Crippen molar-refractivity contribution in [3.05, 3.63) is 83.2 Å². The molecule has 148 valence electrons. The van der Waals surface area contributed by atoms with Crippen molar-refractivity contribution in [2.75, 3.05) is 17.2 Å². The SMILES string of the molecule is CCOc1ccc(NC(=O)c2cccc(C(=O)Nc3ccc(C)cc3C)n2)cc1. The smallest absolute Gasteiger partial charge is 0.274 e. The first kappa shape index (κ1) is 20.1. The van der Waals surface area contributed by atoms with Crippen LogP contribution in [0.15, 0.2) is 60.7 Å². The Labute approximate surface area is 169 Å². The number of amides is 2. The van der Waals surface area contributed by atoms with Crippen molar-refractivity contribution < 1.29 is 14.3 Å². The summed E-state index contributed by atoms with van der Waals surface area (Å²) in [6.07, 6.45) is 0. The molecule has 0 radical (unpaired) electrons. The number of anilines is 2. The number of nitrogens with one attached hydrogen (secondary N) is 2. The molecular weight excluding hydrogens is 366 g/mol. The summed E-state index contributed by atoms with van der Waals surface area (Å²) >= 11 is 0. The topological polar surface area (TPSA) is 80.3 Å². The van der Waals surface area contributed by atoms with E-state index < -0.39 is 5.91 Å². The van der Waals surface area contributed by atoms with Gasteiger partial charge in [0.15, 0.2) is 0 Å². The van der Waals surface area contributed by atoms with Crippen LogP contribution in [0, 0.1) is 13.8 Å². The minimum atomic E-state index is -0.393. The van der Waals surface area contributed by atoms with Gasteiger partial charge in [-0.05, 0) is 68.8 Å². The summed E-state index contributed by atoms with van der Waals surface area (Å²) in [4.78, 5) is 29.3. The first-order chi connectivity index (χ1) is 14.0. The fraction of sp³-hybridized carbons (Fsp3) is 0.174. The number of aryl methyl sites for hydroxylation is 2. The quantitative estimate of drug-likeness (QED) is 0.646. The van der Waals surface area contributed by atoms with Crippen molar-refractivity contribution >= 4 is 23.2 Å². The minimum absolute atomic E-state index is 0.159. The number of benzene rings is 2. The van der Waals surface area contributed by atoms with E-state index in [1.54, 1.807) is 42.5 Å². The lowest BCUT2D eigenvalue weighted by molar-refractivity contribution is 0.101. The van der Waals surface area contributed by atoms with Crippen LogP contribution in [0.2, 0.25) is 0 Å². The molecule has 0 atom stereocenters. The molecule has 2 N–H and O–H groups in total. The number of nitrogens with zero attached hydrogens (tertiary/aromatic N) is 1. The zero-order valence-corrected chi connectivity index (χ0v) is 16.7. The van der Waals surface area contributed by atoms with Crippen LogP contribution in [0.4, 0.5) is 11.4 Å². The number of pyridine rings is 1. The Bertz CT molecular complexity index is 1030. The van der Waals surface area contributed by atoms with Crippen molar-refractivity contribution in [1.82, 2.24) is 4.98 Å². The van der Waals surface area contributed by atoms with Gasteiger partial charge in [0.1, 0.15) is 17.1 Å².